The van der Waals surface area contributed by atoms with E-state index >= 15 is 0 Å². The van der Waals surface area contributed by atoms with Gasteiger partial charge in [0.25, 0.3) is 0 Å². The van der Waals surface area contributed by atoms with Crippen LogP contribution in [0.3, 0.4) is 0 Å². The molecule has 0 radical (unpaired) electrons. The van der Waals surface area contributed by atoms with E-state index in [0.29, 0.717) is 18.8 Å². The summed E-state index contributed by atoms with van der Waals surface area (Å²) >= 11 is 0. The lowest BCUT2D eigenvalue weighted by atomic mass is 10.1. The Morgan fingerprint density at radius 1 is 1.35 bits per heavy atom. The number of carbonyl (C=O) groups excluding carboxylic acids is 1. The normalized spacial score (nSPS) is 17.3. The molecule has 2 rings (SSSR count). The van der Waals surface area contributed by atoms with Gasteiger partial charge in [-0.3, -0.25) is 4.79 Å². The van der Waals surface area contributed by atoms with Crippen molar-refractivity contribution in [2.45, 2.75) is 51.5 Å². The molecule has 1 aliphatic rings. The third-order valence-corrected chi connectivity index (χ3v) is 5.84. The Labute approximate surface area is 155 Å². The minimum atomic E-state index is -3.74. The average Bonchev–Trinajstić information content (AvgIpc) is 3.07. The molecular weight excluding hydrogens is 358 g/mol. The zero-order chi connectivity index (χ0) is 19.3. The van der Waals surface area contributed by atoms with Crippen LogP contribution in [0.1, 0.15) is 39.2 Å². The molecule has 1 saturated heterocycles. The molecule has 1 atom stereocenters. The van der Waals surface area contributed by atoms with Gasteiger partial charge >= 0.3 is 10.1 Å². The minimum absolute atomic E-state index is 0.0502. The first-order valence-electron chi connectivity index (χ1n) is 8.70. The van der Waals surface area contributed by atoms with E-state index in [4.69, 9.17) is 13.7 Å². The van der Waals surface area contributed by atoms with Crippen LogP contribution in [0.5, 0.6) is 11.5 Å². The van der Waals surface area contributed by atoms with Gasteiger partial charge in [0.15, 0.2) is 11.5 Å². The van der Waals surface area contributed by atoms with Crippen LogP contribution in [0.15, 0.2) is 18.2 Å². The zero-order valence-corrected chi connectivity index (χ0v) is 16.5. The van der Waals surface area contributed by atoms with E-state index in [-0.39, 0.29) is 17.8 Å². The van der Waals surface area contributed by atoms with Crippen LogP contribution in [0.4, 0.5) is 0 Å². The van der Waals surface area contributed by atoms with Crippen LogP contribution in [0.2, 0.25) is 0 Å². The van der Waals surface area contributed by atoms with Crippen LogP contribution < -0.4 is 8.92 Å². The number of hydrogen-bond acceptors (Lipinski definition) is 6. The molecular formula is C18H27NO6S. The van der Waals surface area contributed by atoms with Crippen LogP contribution >= 0.6 is 0 Å². The van der Waals surface area contributed by atoms with Crippen molar-refractivity contribution >= 4 is 16.0 Å². The predicted molar refractivity (Wildman–Crippen MR) is 97.7 cm³/mol. The highest BCUT2D eigenvalue weighted by Crippen LogP contribution is 2.30. The van der Waals surface area contributed by atoms with Crippen LogP contribution in [-0.4, -0.2) is 50.8 Å². The molecule has 0 spiro atoms. The standard InChI is InChI=1S/C18H27NO6S/c1-13(2)26(21,22)25-18-10-15(7-8-17(18)23-4)11-19(14(3)20)12-16-6-5-9-24-16/h7-8,10,13,16H,5-6,9,11-12H2,1-4H3/t16-/m0/s1. The van der Waals surface area contributed by atoms with E-state index in [0.717, 1.165) is 25.0 Å². The molecule has 0 unspecified atom stereocenters. The van der Waals surface area contributed by atoms with Crippen molar-refractivity contribution in [2.24, 2.45) is 0 Å². The molecule has 1 aromatic carbocycles. The Kier molecular flexibility index (Phi) is 6.88. The van der Waals surface area contributed by atoms with Gasteiger partial charge in [-0.25, -0.2) is 0 Å². The predicted octanol–water partition coefficient (Wildman–Crippen LogP) is 2.34. The summed E-state index contributed by atoms with van der Waals surface area (Å²) in [6, 6.07) is 5.04. The van der Waals surface area contributed by atoms with Crippen LogP contribution in [0.25, 0.3) is 0 Å². The second-order valence-corrected chi connectivity index (χ2v) is 8.74. The summed E-state index contributed by atoms with van der Waals surface area (Å²) in [5, 5.41) is -0.677. The number of ether oxygens (including phenoxy) is 2. The molecule has 0 aliphatic carbocycles. The summed E-state index contributed by atoms with van der Waals surface area (Å²) in [5.74, 6) is 0.388. The first kappa shape index (κ1) is 20.5. The Morgan fingerprint density at radius 2 is 2.08 bits per heavy atom. The number of benzene rings is 1. The number of hydrogen-bond donors (Lipinski definition) is 0. The Morgan fingerprint density at radius 3 is 2.62 bits per heavy atom. The molecule has 0 N–H and O–H groups in total. The Hall–Kier alpha value is -1.80. The van der Waals surface area contributed by atoms with E-state index < -0.39 is 15.4 Å². The Bertz CT molecular complexity index is 725. The topological polar surface area (TPSA) is 82.1 Å². The molecule has 1 fully saturated rings. The van der Waals surface area contributed by atoms with Gasteiger partial charge in [0.05, 0.1) is 18.5 Å². The van der Waals surface area contributed by atoms with Crippen molar-refractivity contribution in [1.29, 1.82) is 0 Å². The fourth-order valence-corrected chi connectivity index (χ4v) is 3.24. The maximum absolute atomic E-state index is 12.1. The molecule has 1 amide bonds. The molecule has 7 nitrogen and oxygen atoms in total. The molecule has 0 bridgehead atoms. The summed E-state index contributed by atoms with van der Waals surface area (Å²) in [4.78, 5) is 13.7. The first-order chi connectivity index (χ1) is 12.2. The largest absolute Gasteiger partial charge is 0.493 e. The molecule has 1 aromatic rings. The van der Waals surface area contributed by atoms with Crippen LogP contribution in [0, 0.1) is 0 Å². The van der Waals surface area contributed by atoms with Gasteiger partial charge in [0.2, 0.25) is 5.91 Å². The fourth-order valence-electron chi connectivity index (χ4n) is 2.66. The van der Waals surface area contributed by atoms with E-state index in [2.05, 4.69) is 0 Å². The summed E-state index contributed by atoms with van der Waals surface area (Å²) < 4.78 is 40.2. The van der Waals surface area contributed by atoms with Crippen molar-refractivity contribution in [2.75, 3.05) is 20.3 Å². The quantitative estimate of drug-likeness (QED) is 0.639. The molecule has 146 valence electrons. The van der Waals surface area contributed by atoms with Gasteiger partial charge < -0.3 is 18.6 Å². The number of nitrogens with zero attached hydrogens (tertiary/aromatic N) is 1. The Balaban J connectivity index is 2.20. The number of methoxy groups -OCH3 is 1. The van der Waals surface area contributed by atoms with Crippen molar-refractivity contribution < 1.29 is 26.9 Å². The summed E-state index contributed by atoms with van der Waals surface area (Å²) in [6.45, 7) is 6.19. The second-order valence-electron chi connectivity index (χ2n) is 6.64. The minimum Gasteiger partial charge on any atom is -0.493 e. The van der Waals surface area contributed by atoms with Crippen molar-refractivity contribution in [3.8, 4) is 11.5 Å². The molecule has 1 aliphatic heterocycles. The zero-order valence-electron chi connectivity index (χ0n) is 15.7. The summed E-state index contributed by atoms with van der Waals surface area (Å²) in [6.07, 6.45) is 1.99. The molecule has 0 saturated carbocycles. The van der Waals surface area contributed by atoms with E-state index in [9.17, 15) is 13.2 Å². The SMILES string of the molecule is COc1ccc(CN(C[C@@H]2CCCO2)C(C)=O)cc1OS(=O)(=O)C(C)C. The van der Waals surface area contributed by atoms with Gasteiger partial charge in [-0.15, -0.1) is 0 Å². The average molecular weight is 385 g/mol. The summed E-state index contributed by atoms with van der Waals surface area (Å²) in [5.41, 5.74) is 0.757. The highest BCUT2D eigenvalue weighted by atomic mass is 32.2. The van der Waals surface area contributed by atoms with Gasteiger partial charge in [0, 0.05) is 26.6 Å². The monoisotopic (exact) mass is 385 g/mol. The van der Waals surface area contributed by atoms with Gasteiger partial charge in [0.1, 0.15) is 0 Å². The molecule has 1 heterocycles. The smallest absolute Gasteiger partial charge is 0.311 e. The first-order valence-corrected chi connectivity index (χ1v) is 10.2. The molecule has 26 heavy (non-hydrogen) atoms. The van der Waals surface area contributed by atoms with Crippen LogP contribution in [-0.2, 0) is 26.2 Å². The third-order valence-electron chi connectivity index (χ3n) is 4.28. The van der Waals surface area contributed by atoms with Gasteiger partial charge in [-0.2, -0.15) is 8.42 Å². The van der Waals surface area contributed by atoms with Gasteiger partial charge in [-0.05, 0) is 44.4 Å². The second kappa shape index (κ2) is 8.73. The van der Waals surface area contributed by atoms with Crippen molar-refractivity contribution in [3.05, 3.63) is 23.8 Å². The highest BCUT2D eigenvalue weighted by molar-refractivity contribution is 7.87. The lowest BCUT2D eigenvalue weighted by Crippen LogP contribution is -2.35. The number of carbonyl (C=O) groups is 1. The molecule has 8 heteroatoms. The number of rotatable bonds is 8. The van der Waals surface area contributed by atoms with Gasteiger partial charge in [-0.1, -0.05) is 6.07 Å². The van der Waals surface area contributed by atoms with E-state index in [1.165, 1.54) is 14.0 Å². The summed E-state index contributed by atoms with van der Waals surface area (Å²) in [7, 11) is -2.30. The lowest BCUT2D eigenvalue weighted by Gasteiger charge is -2.24. The maximum Gasteiger partial charge on any atom is 0.311 e. The van der Waals surface area contributed by atoms with E-state index in [1.807, 2.05) is 0 Å². The molecule has 0 aromatic heterocycles. The number of amides is 1. The lowest BCUT2D eigenvalue weighted by molar-refractivity contribution is -0.131. The highest BCUT2D eigenvalue weighted by Gasteiger charge is 2.23. The van der Waals surface area contributed by atoms with E-state index in [1.54, 1.807) is 36.9 Å². The third kappa shape index (κ3) is 5.35. The maximum atomic E-state index is 12.1. The van der Waals surface area contributed by atoms with Crippen molar-refractivity contribution in [1.82, 2.24) is 4.90 Å². The van der Waals surface area contributed by atoms with Crippen molar-refractivity contribution in [3.63, 3.8) is 0 Å². The fraction of sp³-hybridized carbons (Fsp3) is 0.611.